The van der Waals surface area contributed by atoms with Crippen LogP contribution in [-0.2, 0) is 6.54 Å². The molecule has 0 radical (unpaired) electrons. The summed E-state index contributed by atoms with van der Waals surface area (Å²) in [5, 5.41) is 0. The van der Waals surface area contributed by atoms with E-state index in [2.05, 4.69) is 23.7 Å². The third kappa shape index (κ3) is 3.17. The average molecular weight is 262 g/mol. The van der Waals surface area contributed by atoms with E-state index in [1.54, 1.807) is 11.3 Å². The van der Waals surface area contributed by atoms with Gasteiger partial charge in [-0.25, -0.2) is 0 Å². The fraction of sp³-hybridized carbons (Fsp3) is 0.727. The van der Waals surface area contributed by atoms with Gasteiger partial charge in [0.1, 0.15) is 0 Å². The minimum atomic E-state index is 0. The summed E-state index contributed by atoms with van der Waals surface area (Å²) in [6.45, 7) is 7.75. The summed E-state index contributed by atoms with van der Waals surface area (Å²) in [6, 6.07) is 0.343. The molecule has 0 spiro atoms. The maximum Gasteiger partial charge on any atom is 0.0794 e. The summed E-state index contributed by atoms with van der Waals surface area (Å²) >= 11 is 1.73. The lowest BCUT2D eigenvalue weighted by Gasteiger charge is -2.42. The lowest BCUT2D eigenvalue weighted by molar-refractivity contribution is 0.0906. The molecular weight excluding hydrogens is 242 g/mol. The number of likely N-dealkylation sites (tertiary alicyclic amines) is 1. The summed E-state index contributed by atoms with van der Waals surface area (Å²) in [4.78, 5) is 7.94. The molecule has 1 unspecified atom stereocenters. The molecule has 0 amide bonds. The number of thiazole rings is 1. The summed E-state index contributed by atoms with van der Waals surface area (Å²) < 4.78 is 0. The Bertz CT molecular complexity index is 313. The van der Waals surface area contributed by atoms with Gasteiger partial charge in [0.15, 0.2) is 0 Å². The molecule has 0 aliphatic carbocycles. The number of aromatic nitrogens is 1. The zero-order valence-corrected chi connectivity index (χ0v) is 11.5. The quantitative estimate of drug-likeness (QED) is 0.887. The predicted octanol–water partition coefficient (Wildman–Crippen LogP) is 2.12. The molecule has 1 aromatic heterocycles. The molecule has 1 aliphatic heterocycles. The van der Waals surface area contributed by atoms with Crippen molar-refractivity contribution in [1.82, 2.24) is 9.88 Å². The Kier molecular flexibility index (Phi) is 4.73. The third-order valence-electron chi connectivity index (χ3n) is 3.25. The smallest absolute Gasteiger partial charge is 0.0794 e. The third-order valence-corrected chi connectivity index (χ3v) is 4.02. The number of rotatable bonds is 2. The van der Waals surface area contributed by atoms with E-state index in [1.807, 2.05) is 11.7 Å². The fourth-order valence-corrected chi connectivity index (χ4v) is 2.80. The van der Waals surface area contributed by atoms with Crippen LogP contribution in [0.3, 0.4) is 0 Å². The minimum Gasteiger partial charge on any atom is -0.327 e. The molecule has 0 saturated carbocycles. The number of hydrogen-bond donors (Lipinski definition) is 1. The van der Waals surface area contributed by atoms with Crippen LogP contribution in [0.5, 0.6) is 0 Å². The average Bonchev–Trinajstić information content (AvgIpc) is 2.63. The van der Waals surface area contributed by atoms with Crippen molar-refractivity contribution in [3.63, 3.8) is 0 Å². The first kappa shape index (κ1) is 13.9. The van der Waals surface area contributed by atoms with Gasteiger partial charge in [0.05, 0.1) is 5.51 Å². The summed E-state index contributed by atoms with van der Waals surface area (Å²) in [5.41, 5.74) is 8.25. The molecule has 1 atom stereocenters. The predicted molar refractivity (Wildman–Crippen MR) is 71.0 cm³/mol. The van der Waals surface area contributed by atoms with E-state index in [0.717, 1.165) is 26.1 Å². The van der Waals surface area contributed by atoms with Crippen LogP contribution < -0.4 is 5.73 Å². The molecule has 0 bridgehead atoms. The van der Waals surface area contributed by atoms with Gasteiger partial charge in [-0.2, -0.15) is 0 Å². The second kappa shape index (κ2) is 5.45. The molecule has 3 nitrogen and oxygen atoms in total. The number of halogens is 1. The van der Waals surface area contributed by atoms with E-state index in [1.165, 1.54) is 4.88 Å². The molecule has 1 aromatic rings. The zero-order valence-electron chi connectivity index (χ0n) is 9.85. The van der Waals surface area contributed by atoms with Crippen LogP contribution >= 0.6 is 23.7 Å². The molecule has 2 heterocycles. The van der Waals surface area contributed by atoms with Gasteiger partial charge in [0.2, 0.25) is 0 Å². The standard InChI is InChI=1S/C11H19N3S.ClH/c1-11(2)7-14(4-3-10(11)12)6-9-5-13-8-15-9;/h5,8,10H,3-4,6-7,12H2,1-2H3;1H. The van der Waals surface area contributed by atoms with Crippen LogP contribution in [0.2, 0.25) is 0 Å². The highest BCUT2D eigenvalue weighted by atomic mass is 35.5. The van der Waals surface area contributed by atoms with Crippen molar-refractivity contribution in [1.29, 1.82) is 0 Å². The van der Waals surface area contributed by atoms with E-state index in [0.29, 0.717) is 6.04 Å². The molecular formula is C11H20ClN3S. The topological polar surface area (TPSA) is 42.2 Å². The van der Waals surface area contributed by atoms with Gasteiger partial charge in [0, 0.05) is 36.8 Å². The Hall–Kier alpha value is -0.160. The fourth-order valence-electron chi connectivity index (χ4n) is 2.16. The van der Waals surface area contributed by atoms with Crippen LogP contribution in [0.15, 0.2) is 11.7 Å². The first-order chi connectivity index (χ1) is 7.08. The maximum atomic E-state index is 6.11. The first-order valence-electron chi connectivity index (χ1n) is 5.43. The maximum absolute atomic E-state index is 6.11. The van der Waals surface area contributed by atoms with Crippen molar-refractivity contribution in [2.24, 2.45) is 11.1 Å². The highest BCUT2D eigenvalue weighted by Crippen LogP contribution is 2.28. The normalized spacial score (nSPS) is 25.1. The van der Waals surface area contributed by atoms with Crippen molar-refractivity contribution in [2.75, 3.05) is 13.1 Å². The van der Waals surface area contributed by atoms with Gasteiger partial charge >= 0.3 is 0 Å². The summed E-state index contributed by atoms with van der Waals surface area (Å²) in [5.74, 6) is 0. The Morgan fingerprint density at radius 3 is 2.94 bits per heavy atom. The monoisotopic (exact) mass is 261 g/mol. The second-order valence-corrected chi connectivity index (χ2v) is 6.03. The number of hydrogen-bond acceptors (Lipinski definition) is 4. The van der Waals surface area contributed by atoms with E-state index in [9.17, 15) is 0 Å². The molecule has 2 N–H and O–H groups in total. The second-order valence-electron chi connectivity index (χ2n) is 5.06. The Labute approximate surface area is 107 Å². The van der Waals surface area contributed by atoms with E-state index in [-0.39, 0.29) is 17.8 Å². The molecule has 5 heteroatoms. The van der Waals surface area contributed by atoms with Crippen molar-refractivity contribution < 1.29 is 0 Å². The van der Waals surface area contributed by atoms with Crippen LogP contribution in [0.4, 0.5) is 0 Å². The highest BCUT2D eigenvalue weighted by Gasteiger charge is 2.33. The molecule has 0 aromatic carbocycles. The van der Waals surface area contributed by atoms with Crippen LogP contribution in [0.1, 0.15) is 25.1 Å². The minimum absolute atomic E-state index is 0. The van der Waals surface area contributed by atoms with Crippen molar-refractivity contribution in [3.8, 4) is 0 Å². The molecule has 92 valence electrons. The number of piperidine rings is 1. The van der Waals surface area contributed by atoms with Crippen LogP contribution in [0, 0.1) is 5.41 Å². The molecule has 1 aliphatic rings. The van der Waals surface area contributed by atoms with Crippen LogP contribution in [-0.4, -0.2) is 29.0 Å². The van der Waals surface area contributed by atoms with Gasteiger partial charge in [-0.3, -0.25) is 9.88 Å². The largest absolute Gasteiger partial charge is 0.327 e. The molecule has 16 heavy (non-hydrogen) atoms. The Balaban J connectivity index is 0.00000128. The van der Waals surface area contributed by atoms with E-state index < -0.39 is 0 Å². The van der Waals surface area contributed by atoms with Crippen molar-refractivity contribution >= 4 is 23.7 Å². The molecule has 2 rings (SSSR count). The van der Waals surface area contributed by atoms with Gasteiger partial charge in [-0.1, -0.05) is 13.8 Å². The Morgan fingerprint density at radius 2 is 2.38 bits per heavy atom. The number of nitrogens with zero attached hydrogens (tertiary/aromatic N) is 2. The van der Waals surface area contributed by atoms with Crippen molar-refractivity contribution in [2.45, 2.75) is 32.9 Å². The lowest BCUT2D eigenvalue weighted by atomic mass is 9.80. The van der Waals surface area contributed by atoms with Gasteiger partial charge in [-0.15, -0.1) is 23.7 Å². The molecule has 1 fully saturated rings. The Morgan fingerprint density at radius 1 is 1.62 bits per heavy atom. The van der Waals surface area contributed by atoms with E-state index in [4.69, 9.17) is 5.73 Å². The summed E-state index contributed by atoms with van der Waals surface area (Å²) in [7, 11) is 0. The summed E-state index contributed by atoms with van der Waals surface area (Å²) in [6.07, 6.45) is 3.07. The number of nitrogens with two attached hydrogens (primary N) is 1. The van der Waals surface area contributed by atoms with E-state index >= 15 is 0 Å². The molecule has 1 saturated heterocycles. The van der Waals surface area contributed by atoms with Gasteiger partial charge in [-0.05, 0) is 11.8 Å². The van der Waals surface area contributed by atoms with Gasteiger partial charge in [0.25, 0.3) is 0 Å². The first-order valence-corrected chi connectivity index (χ1v) is 6.31. The lowest BCUT2D eigenvalue weighted by Crippen LogP contribution is -2.51. The zero-order chi connectivity index (χ0) is 10.9. The van der Waals surface area contributed by atoms with Crippen molar-refractivity contribution in [3.05, 3.63) is 16.6 Å². The van der Waals surface area contributed by atoms with Gasteiger partial charge < -0.3 is 5.73 Å². The van der Waals surface area contributed by atoms with Crippen LogP contribution in [0.25, 0.3) is 0 Å². The highest BCUT2D eigenvalue weighted by molar-refractivity contribution is 7.09. The SMILES string of the molecule is CC1(C)CN(Cc2cncs2)CCC1N.Cl.